The average molecular weight is 542 g/mol. The number of carbonyl (C=O) groups is 2. The van der Waals surface area contributed by atoms with Crippen LogP contribution in [0.5, 0.6) is 0 Å². The summed E-state index contributed by atoms with van der Waals surface area (Å²) in [6, 6.07) is 4.52. The van der Waals surface area contributed by atoms with Gasteiger partial charge in [-0.2, -0.15) is 0 Å². The van der Waals surface area contributed by atoms with E-state index in [0.29, 0.717) is 11.8 Å². The van der Waals surface area contributed by atoms with Crippen molar-refractivity contribution < 1.29 is 14.3 Å². The Morgan fingerprint density at radius 3 is 2.71 bits per heavy atom. The smallest absolute Gasteiger partial charge is 0.306 e. The van der Waals surface area contributed by atoms with Crippen LogP contribution in [0, 0.1) is 17.8 Å². The van der Waals surface area contributed by atoms with Gasteiger partial charge in [-0.1, -0.05) is 49.2 Å². The maximum absolute atomic E-state index is 13.5. The lowest BCUT2D eigenvalue weighted by atomic mass is 9.87. The number of hydrogen-bond acceptors (Lipinski definition) is 4. The average Bonchev–Trinajstić information content (AvgIpc) is 3.62. The number of amides is 1. The summed E-state index contributed by atoms with van der Waals surface area (Å²) >= 11 is 3.87. The molecule has 1 aromatic rings. The predicted octanol–water partition coefficient (Wildman–Crippen LogP) is 6.46. The zero-order valence-electron chi connectivity index (χ0n) is 21.4. The molecular formula is C29H37BrN2O3. The Hall–Kier alpha value is -1.95. The maximum Gasteiger partial charge on any atom is 0.306 e. The van der Waals surface area contributed by atoms with Crippen LogP contribution in [0.15, 0.2) is 27.8 Å². The first kappa shape index (κ1) is 24.7. The van der Waals surface area contributed by atoms with Gasteiger partial charge in [-0.3, -0.25) is 14.6 Å². The van der Waals surface area contributed by atoms with E-state index in [0.717, 1.165) is 37.4 Å². The first-order valence-corrected chi connectivity index (χ1v) is 14.1. The third-order valence-corrected chi connectivity index (χ3v) is 9.72. The second-order valence-corrected chi connectivity index (χ2v) is 12.0. The molecule has 5 nitrogen and oxygen atoms in total. The molecule has 1 saturated heterocycles. The standard InChI is InChI=1S/C29H37BrN2O3/c1-16(2)22(14-26(33)35-4)29(34)32-12-6-9-25(32)24-13-18(15-31-24)20-10-11-23(30)28-21-8-5-7-19(21)17(3)27(20)28/h10-11,15-17,19,21-22,25H,5-9,12-14H2,1-4H3/t17?,19?,21?,22-,25-/m0/s1. The van der Waals surface area contributed by atoms with Crippen LogP contribution < -0.4 is 0 Å². The van der Waals surface area contributed by atoms with Gasteiger partial charge < -0.3 is 9.64 Å². The van der Waals surface area contributed by atoms with Crippen molar-refractivity contribution >= 4 is 39.1 Å². The number of benzene rings is 1. The molecule has 0 spiro atoms. The van der Waals surface area contributed by atoms with Gasteiger partial charge in [0.05, 0.1) is 25.5 Å². The highest BCUT2D eigenvalue weighted by Gasteiger charge is 2.44. The Bertz CT molecular complexity index is 1090. The van der Waals surface area contributed by atoms with Crippen molar-refractivity contribution in [3.05, 3.63) is 39.5 Å². The van der Waals surface area contributed by atoms with E-state index in [1.165, 1.54) is 53.1 Å². The predicted molar refractivity (Wildman–Crippen MR) is 142 cm³/mol. The van der Waals surface area contributed by atoms with Gasteiger partial charge in [0, 0.05) is 29.3 Å². The normalized spacial score (nSPS) is 28.1. The van der Waals surface area contributed by atoms with Crippen molar-refractivity contribution in [1.29, 1.82) is 0 Å². The molecule has 1 aromatic carbocycles. The minimum absolute atomic E-state index is 0.0236. The first-order chi connectivity index (χ1) is 16.8. The number of allylic oxidation sites excluding steroid dienone is 1. The third kappa shape index (κ3) is 4.30. The van der Waals surface area contributed by atoms with Crippen LogP contribution in [-0.2, 0) is 14.3 Å². The van der Waals surface area contributed by atoms with Crippen molar-refractivity contribution in [2.75, 3.05) is 13.7 Å². The number of halogens is 1. The van der Waals surface area contributed by atoms with E-state index >= 15 is 0 Å². The Balaban J connectivity index is 1.35. The lowest BCUT2D eigenvalue weighted by molar-refractivity contribution is -0.148. The van der Waals surface area contributed by atoms with Gasteiger partial charge >= 0.3 is 5.97 Å². The van der Waals surface area contributed by atoms with E-state index in [4.69, 9.17) is 9.73 Å². The molecule has 0 aromatic heterocycles. The minimum Gasteiger partial charge on any atom is -0.469 e. The number of methoxy groups -OCH3 is 1. The Labute approximate surface area is 217 Å². The van der Waals surface area contributed by atoms with E-state index in [1.54, 1.807) is 0 Å². The van der Waals surface area contributed by atoms with E-state index < -0.39 is 0 Å². The van der Waals surface area contributed by atoms with Crippen molar-refractivity contribution in [2.24, 2.45) is 22.7 Å². The zero-order valence-corrected chi connectivity index (χ0v) is 22.9. The molecule has 2 aliphatic carbocycles. The summed E-state index contributed by atoms with van der Waals surface area (Å²) in [6.45, 7) is 7.16. The number of hydrogen-bond donors (Lipinski definition) is 0. The summed E-state index contributed by atoms with van der Waals surface area (Å²) in [4.78, 5) is 32.4. The van der Waals surface area contributed by atoms with Gasteiger partial charge in [-0.05, 0) is 77.7 Å². The van der Waals surface area contributed by atoms with Crippen LogP contribution in [0.1, 0.15) is 94.2 Å². The fourth-order valence-electron chi connectivity index (χ4n) is 7.19. The Morgan fingerprint density at radius 1 is 1.17 bits per heavy atom. The SMILES string of the molecule is COC(=O)C[C@H](C(=O)N1CCC[C@H]1C1=NC=C(c2ccc(Br)c3c2C(C)C2CCCC32)C1)C(C)C. The van der Waals surface area contributed by atoms with Gasteiger partial charge in [0.1, 0.15) is 0 Å². The first-order valence-electron chi connectivity index (χ1n) is 13.3. The van der Waals surface area contributed by atoms with Crippen LogP contribution in [0.2, 0.25) is 0 Å². The highest BCUT2D eigenvalue weighted by molar-refractivity contribution is 9.10. The van der Waals surface area contributed by atoms with Crippen molar-refractivity contribution in [2.45, 2.75) is 83.6 Å². The summed E-state index contributed by atoms with van der Waals surface area (Å²) in [6.07, 6.45) is 8.86. The molecule has 1 amide bonds. The molecule has 0 N–H and O–H groups in total. The summed E-state index contributed by atoms with van der Waals surface area (Å²) in [5, 5.41) is 0. The number of esters is 1. The lowest BCUT2D eigenvalue weighted by Gasteiger charge is -2.30. The molecule has 2 fully saturated rings. The number of likely N-dealkylation sites (tertiary alicyclic amines) is 1. The molecule has 6 heteroatoms. The topological polar surface area (TPSA) is 59.0 Å². The Morgan fingerprint density at radius 2 is 1.97 bits per heavy atom. The number of ether oxygens (including phenoxy) is 1. The number of aliphatic imine (C=N–C) groups is 1. The molecule has 3 unspecified atom stereocenters. The summed E-state index contributed by atoms with van der Waals surface area (Å²) in [7, 11) is 1.39. The quantitative estimate of drug-likeness (QED) is 0.389. The summed E-state index contributed by atoms with van der Waals surface area (Å²) < 4.78 is 6.13. The fraction of sp³-hybridized carbons (Fsp3) is 0.621. The minimum atomic E-state index is -0.354. The van der Waals surface area contributed by atoms with Gasteiger partial charge in [0.25, 0.3) is 0 Å². The van der Waals surface area contributed by atoms with Gasteiger partial charge in [0.2, 0.25) is 5.91 Å². The van der Waals surface area contributed by atoms with Crippen LogP contribution in [0.4, 0.5) is 0 Å². The third-order valence-electron chi connectivity index (χ3n) is 9.03. The van der Waals surface area contributed by atoms with Gasteiger partial charge in [-0.25, -0.2) is 0 Å². The molecule has 2 aliphatic heterocycles. The molecule has 35 heavy (non-hydrogen) atoms. The number of rotatable bonds is 6. The van der Waals surface area contributed by atoms with E-state index in [2.05, 4.69) is 41.2 Å². The summed E-state index contributed by atoms with van der Waals surface area (Å²) in [5.74, 6) is 1.48. The van der Waals surface area contributed by atoms with Gasteiger partial charge in [-0.15, -0.1) is 0 Å². The van der Waals surface area contributed by atoms with Gasteiger partial charge in [0.15, 0.2) is 0 Å². The second kappa shape index (κ2) is 9.84. The number of carbonyl (C=O) groups excluding carboxylic acids is 2. The highest BCUT2D eigenvalue weighted by Crippen LogP contribution is 2.58. The molecule has 2 heterocycles. The molecule has 0 bridgehead atoms. The maximum atomic E-state index is 13.5. The van der Waals surface area contributed by atoms with Crippen LogP contribution >= 0.6 is 15.9 Å². The molecular weight excluding hydrogens is 504 g/mol. The van der Waals surface area contributed by atoms with E-state index in [9.17, 15) is 9.59 Å². The van der Waals surface area contributed by atoms with Crippen molar-refractivity contribution in [1.82, 2.24) is 4.90 Å². The van der Waals surface area contributed by atoms with Crippen LogP contribution in [0.3, 0.4) is 0 Å². The molecule has 0 radical (unpaired) electrons. The molecule has 5 atom stereocenters. The lowest BCUT2D eigenvalue weighted by Crippen LogP contribution is -2.45. The van der Waals surface area contributed by atoms with Crippen molar-refractivity contribution in [3.63, 3.8) is 0 Å². The monoisotopic (exact) mass is 540 g/mol. The summed E-state index contributed by atoms with van der Waals surface area (Å²) in [5.41, 5.74) is 6.78. The fourth-order valence-corrected chi connectivity index (χ4v) is 7.83. The highest BCUT2D eigenvalue weighted by atomic mass is 79.9. The molecule has 1 saturated carbocycles. The van der Waals surface area contributed by atoms with Crippen LogP contribution in [-0.4, -0.2) is 42.2 Å². The molecule has 188 valence electrons. The zero-order chi connectivity index (χ0) is 24.9. The van der Waals surface area contributed by atoms with Crippen molar-refractivity contribution in [3.8, 4) is 0 Å². The Kier molecular flexibility index (Phi) is 6.95. The molecule has 5 rings (SSSR count). The molecule has 4 aliphatic rings. The van der Waals surface area contributed by atoms with E-state index in [1.807, 2.05) is 18.7 Å². The van der Waals surface area contributed by atoms with E-state index in [-0.39, 0.29) is 36.2 Å². The second-order valence-electron chi connectivity index (χ2n) is 11.2. The number of nitrogens with zero attached hydrogens (tertiary/aromatic N) is 2. The van der Waals surface area contributed by atoms with Crippen LogP contribution in [0.25, 0.3) is 5.57 Å². The largest absolute Gasteiger partial charge is 0.469 e. The number of fused-ring (bicyclic) bond motifs is 3.